The third kappa shape index (κ3) is 2.29. The van der Waals surface area contributed by atoms with Crippen molar-refractivity contribution in [3.8, 4) is 11.3 Å². The van der Waals surface area contributed by atoms with Crippen molar-refractivity contribution in [3.63, 3.8) is 0 Å². The summed E-state index contributed by atoms with van der Waals surface area (Å²) in [7, 11) is 0. The van der Waals surface area contributed by atoms with Crippen LogP contribution in [0.15, 0.2) is 52.0 Å². The molecule has 0 radical (unpaired) electrons. The SMILES string of the molecule is NC(=S)NN=C1c2nc3ccccc3nc2-c2cccc(Br)c21. The second kappa shape index (κ2) is 5.36. The van der Waals surface area contributed by atoms with Gasteiger partial charge in [0.2, 0.25) is 0 Å². The van der Waals surface area contributed by atoms with Crippen LogP contribution in [0.25, 0.3) is 22.3 Å². The standard InChI is InChI=1S/C16H10BrN5S/c17-9-5-3-4-8-12(9)14(21-22-16(18)23)15-13(8)19-10-6-1-2-7-11(10)20-15/h1-7H,(H3,18,22,23). The zero-order chi connectivity index (χ0) is 16.0. The molecule has 0 unspecified atom stereocenters. The highest BCUT2D eigenvalue weighted by molar-refractivity contribution is 9.10. The summed E-state index contributed by atoms with van der Waals surface area (Å²) in [4.78, 5) is 9.49. The van der Waals surface area contributed by atoms with Crippen LogP contribution in [0.4, 0.5) is 0 Å². The first-order chi connectivity index (χ1) is 11.1. The van der Waals surface area contributed by atoms with Crippen LogP contribution in [-0.4, -0.2) is 20.8 Å². The van der Waals surface area contributed by atoms with Crippen molar-refractivity contribution in [1.29, 1.82) is 0 Å². The lowest BCUT2D eigenvalue weighted by Gasteiger charge is -2.04. The Morgan fingerprint density at radius 1 is 1.04 bits per heavy atom. The minimum atomic E-state index is 0.105. The van der Waals surface area contributed by atoms with E-state index in [1.165, 1.54) is 0 Å². The minimum absolute atomic E-state index is 0.105. The number of nitrogens with one attached hydrogen (secondary N) is 1. The summed E-state index contributed by atoms with van der Waals surface area (Å²) in [6.07, 6.45) is 0. The van der Waals surface area contributed by atoms with Crippen molar-refractivity contribution in [2.24, 2.45) is 10.8 Å². The second-order valence-corrected chi connectivity index (χ2v) is 6.30. The van der Waals surface area contributed by atoms with E-state index in [0.717, 1.165) is 32.3 Å². The molecule has 0 spiro atoms. The number of para-hydroxylation sites is 2. The van der Waals surface area contributed by atoms with E-state index in [1.807, 2.05) is 42.5 Å². The third-order valence-electron chi connectivity index (χ3n) is 3.58. The molecule has 0 amide bonds. The number of nitrogens with zero attached hydrogens (tertiary/aromatic N) is 3. The van der Waals surface area contributed by atoms with E-state index in [2.05, 4.69) is 26.5 Å². The van der Waals surface area contributed by atoms with Gasteiger partial charge >= 0.3 is 0 Å². The van der Waals surface area contributed by atoms with Gasteiger partial charge in [-0.25, -0.2) is 9.97 Å². The van der Waals surface area contributed by atoms with Crippen LogP contribution in [-0.2, 0) is 0 Å². The Bertz CT molecular complexity index is 999. The van der Waals surface area contributed by atoms with Gasteiger partial charge in [0, 0.05) is 15.6 Å². The number of nitrogens with two attached hydrogens (primary N) is 1. The van der Waals surface area contributed by atoms with Gasteiger partial charge in [-0.1, -0.05) is 40.2 Å². The number of aromatic nitrogens is 2. The highest BCUT2D eigenvalue weighted by Crippen LogP contribution is 2.39. The average Bonchev–Trinajstić information content (AvgIpc) is 2.85. The van der Waals surface area contributed by atoms with Crippen LogP contribution in [0.2, 0.25) is 0 Å². The Kier molecular flexibility index (Phi) is 3.32. The fraction of sp³-hybridized carbons (Fsp3) is 0. The van der Waals surface area contributed by atoms with E-state index >= 15 is 0 Å². The van der Waals surface area contributed by atoms with Crippen LogP contribution >= 0.6 is 28.1 Å². The number of benzene rings is 2. The van der Waals surface area contributed by atoms with Gasteiger partial charge in [0.1, 0.15) is 11.4 Å². The normalized spacial score (nSPS) is 13.9. The van der Waals surface area contributed by atoms with E-state index in [9.17, 15) is 0 Å². The van der Waals surface area contributed by atoms with E-state index in [1.54, 1.807) is 0 Å². The molecule has 0 saturated heterocycles. The fourth-order valence-corrected chi connectivity index (χ4v) is 3.25. The maximum atomic E-state index is 5.50. The number of hydrazone groups is 1. The number of thiocarbonyl (C=S) groups is 1. The van der Waals surface area contributed by atoms with E-state index < -0.39 is 0 Å². The quantitative estimate of drug-likeness (QED) is 0.390. The lowest BCUT2D eigenvalue weighted by molar-refractivity contribution is 1.03. The van der Waals surface area contributed by atoms with Gasteiger partial charge in [0.15, 0.2) is 5.11 Å². The maximum absolute atomic E-state index is 5.50. The zero-order valence-corrected chi connectivity index (χ0v) is 14.1. The third-order valence-corrected chi connectivity index (χ3v) is 4.33. The molecular weight excluding hydrogens is 374 g/mol. The molecule has 23 heavy (non-hydrogen) atoms. The number of hydrogen-bond acceptors (Lipinski definition) is 4. The van der Waals surface area contributed by atoms with Crippen LogP contribution < -0.4 is 11.2 Å². The molecular formula is C16H10BrN5S. The first-order valence-electron chi connectivity index (χ1n) is 6.84. The van der Waals surface area contributed by atoms with E-state index in [4.69, 9.17) is 27.9 Å². The highest BCUT2D eigenvalue weighted by Gasteiger charge is 2.30. The lowest BCUT2D eigenvalue weighted by Crippen LogP contribution is -2.25. The largest absolute Gasteiger partial charge is 0.375 e. The summed E-state index contributed by atoms with van der Waals surface area (Å²) in [5.74, 6) is 0. The van der Waals surface area contributed by atoms with Gasteiger partial charge in [0.25, 0.3) is 0 Å². The molecule has 3 aromatic rings. The summed E-state index contributed by atoms with van der Waals surface area (Å²) in [5.41, 5.74) is 13.9. The molecule has 112 valence electrons. The van der Waals surface area contributed by atoms with Gasteiger partial charge in [-0.2, -0.15) is 5.10 Å². The van der Waals surface area contributed by atoms with Crippen molar-refractivity contribution in [2.45, 2.75) is 0 Å². The van der Waals surface area contributed by atoms with Crippen molar-refractivity contribution in [2.75, 3.05) is 0 Å². The Morgan fingerprint density at radius 3 is 2.43 bits per heavy atom. The van der Waals surface area contributed by atoms with Crippen molar-refractivity contribution in [1.82, 2.24) is 15.4 Å². The Labute approximate surface area is 145 Å². The number of hydrogen-bond donors (Lipinski definition) is 2. The molecule has 0 aliphatic heterocycles. The van der Waals surface area contributed by atoms with E-state index in [-0.39, 0.29) is 5.11 Å². The summed E-state index contributed by atoms with van der Waals surface area (Å²) >= 11 is 8.43. The minimum Gasteiger partial charge on any atom is -0.375 e. The maximum Gasteiger partial charge on any atom is 0.184 e. The Morgan fingerprint density at radius 2 is 1.74 bits per heavy atom. The Hall–Kier alpha value is -2.38. The topological polar surface area (TPSA) is 76.2 Å². The molecule has 0 fully saturated rings. The van der Waals surface area contributed by atoms with Crippen molar-refractivity contribution >= 4 is 50.0 Å². The summed E-state index contributed by atoms with van der Waals surface area (Å²) in [6.45, 7) is 0. The number of fused-ring (bicyclic) bond motifs is 4. The predicted octanol–water partition coefficient (Wildman–Crippen LogP) is 2.96. The summed E-state index contributed by atoms with van der Waals surface area (Å²) in [5, 5.41) is 4.45. The first-order valence-corrected chi connectivity index (χ1v) is 8.05. The molecule has 5 nitrogen and oxygen atoms in total. The molecule has 3 N–H and O–H groups in total. The van der Waals surface area contributed by atoms with Gasteiger partial charge in [-0.3, -0.25) is 5.43 Å². The van der Waals surface area contributed by atoms with Gasteiger partial charge in [-0.15, -0.1) is 0 Å². The van der Waals surface area contributed by atoms with E-state index in [0.29, 0.717) is 11.4 Å². The molecule has 2 aromatic carbocycles. The summed E-state index contributed by atoms with van der Waals surface area (Å²) in [6, 6.07) is 13.7. The zero-order valence-electron chi connectivity index (χ0n) is 11.7. The van der Waals surface area contributed by atoms with Crippen molar-refractivity contribution < 1.29 is 0 Å². The smallest absolute Gasteiger partial charge is 0.184 e. The fourth-order valence-electron chi connectivity index (χ4n) is 2.65. The predicted molar refractivity (Wildman–Crippen MR) is 98.2 cm³/mol. The lowest BCUT2D eigenvalue weighted by atomic mass is 10.1. The number of rotatable bonds is 1. The highest BCUT2D eigenvalue weighted by atomic mass is 79.9. The second-order valence-electron chi connectivity index (χ2n) is 5.01. The molecule has 1 heterocycles. The van der Waals surface area contributed by atoms with Gasteiger partial charge in [-0.05, 0) is 30.4 Å². The van der Waals surface area contributed by atoms with Crippen LogP contribution in [0.3, 0.4) is 0 Å². The summed E-state index contributed by atoms with van der Waals surface area (Å²) < 4.78 is 0.919. The molecule has 1 aromatic heterocycles. The molecule has 4 rings (SSSR count). The van der Waals surface area contributed by atoms with Gasteiger partial charge < -0.3 is 5.73 Å². The molecule has 0 bridgehead atoms. The van der Waals surface area contributed by atoms with Crippen LogP contribution in [0, 0.1) is 0 Å². The molecule has 7 heteroatoms. The van der Waals surface area contributed by atoms with Crippen LogP contribution in [0.5, 0.6) is 0 Å². The molecule has 1 aliphatic rings. The Balaban J connectivity index is 2.05. The monoisotopic (exact) mass is 383 g/mol. The van der Waals surface area contributed by atoms with Gasteiger partial charge in [0.05, 0.1) is 16.7 Å². The number of halogens is 1. The van der Waals surface area contributed by atoms with Crippen molar-refractivity contribution in [3.05, 3.63) is 58.2 Å². The molecule has 0 atom stereocenters. The molecule has 1 aliphatic carbocycles. The first kappa shape index (κ1) is 14.2. The molecule has 0 saturated carbocycles. The average molecular weight is 384 g/mol. The van der Waals surface area contributed by atoms with Crippen LogP contribution in [0.1, 0.15) is 11.3 Å².